The van der Waals surface area contributed by atoms with Crippen LogP contribution in [0.2, 0.25) is 0 Å². The van der Waals surface area contributed by atoms with E-state index in [1.807, 2.05) is 18.3 Å². The first kappa shape index (κ1) is 29.7. The standard InChI is InChI=1S/C36H34F3N7O/c1-44-20-31(36(37,38)39)43-34(44)28-13-21(17-40)5-10-26(28)24-14-30(23-8-9-23)42-32(15-24)46-19-29(22-6-7-22)27-16-25(41-33(27)35(46)47)18-45-11-3-2-4-12-45/h5,10,13-16,19-20,22-23,41H,2-4,6-9,11-12,18H2,1H3. The molecular formula is C36H34F3N7O. The third-order valence-corrected chi connectivity index (χ3v) is 9.69. The highest BCUT2D eigenvalue weighted by Crippen LogP contribution is 2.44. The minimum Gasteiger partial charge on any atom is -0.353 e. The fraction of sp³-hybridized carbons (Fsp3) is 0.389. The van der Waals surface area contributed by atoms with Gasteiger partial charge in [0.1, 0.15) is 17.2 Å². The number of imidazole rings is 1. The summed E-state index contributed by atoms with van der Waals surface area (Å²) < 4.78 is 43.9. The SMILES string of the molecule is Cn1cc(C(F)(F)F)nc1-c1cc(C#N)ccc1-c1cc(C2CC2)nc(-n2cc(C3CC3)c3cc(CN4CCCCC4)[nH]c3c2=O)c1. The number of aromatic amines is 1. The Hall–Kier alpha value is -4.69. The average Bonchev–Trinajstić information content (AvgIpc) is 4.00. The van der Waals surface area contributed by atoms with Crippen LogP contribution in [0.3, 0.4) is 0 Å². The molecule has 0 bridgehead atoms. The van der Waals surface area contributed by atoms with E-state index in [1.54, 1.807) is 22.8 Å². The average molecular weight is 638 g/mol. The number of benzene rings is 1. The number of nitrogens with one attached hydrogen (secondary N) is 1. The Bertz CT molecular complexity index is 2120. The maximum Gasteiger partial charge on any atom is 0.434 e. The zero-order valence-electron chi connectivity index (χ0n) is 26.1. The summed E-state index contributed by atoms with van der Waals surface area (Å²) in [6.07, 6.45) is 6.01. The van der Waals surface area contributed by atoms with Crippen molar-refractivity contribution < 1.29 is 13.2 Å². The zero-order valence-corrected chi connectivity index (χ0v) is 26.1. The van der Waals surface area contributed by atoms with Gasteiger partial charge >= 0.3 is 6.18 Å². The van der Waals surface area contributed by atoms with Gasteiger partial charge in [0.2, 0.25) is 0 Å². The van der Waals surface area contributed by atoms with E-state index in [0.717, 1.165) is 73.9 Å². The van der Waals surface area contributed by atoms with Crippen molar-refractivity contribution in [1.29, 1.82) is 5.26 Å². The molecule has 0 atom stereocenters. The Balaban J connectivity index is 1.28. The number of hydrogen-bond donors (Lipinski definition) is 1. The van der Waals surface area contributed by atoms with Crippen LogP contribution in [0.4, 0.5) is 13.2 Å². The molecule has 0 unspecified atom stereocenters. The van der Waals surface area contributed by atoms with Crippen molar-refractivity contribution in [2.75, 3.05) is 13.1 Å². The smallest absolute Gasteiger partial charge is 0.353 e. The van der Waals surface area contributed by atoms with Gasteiger partial charge in [-0.25, -0.2) is 9.97 Å². The number of alkyl halides is 3. The second kappa shape index (κ2) is 11.2. The first-order chi connectivity index (χ1) is 22.7. The minimum absolute atomic E-state index is 0.0954. The highest BCUT2D eigenvalue weighted by Gasteiger charge is 2.35. The molecule has 5 heterocycles. The molecule has 1 saturated heterocycles. The molecule has 4 aromatic heterocycles. The number of likely N-dealkylation sites (tertiary alicyclic amines) is 1. The molecule has 8 nitrogen and oxygen atoms in total. The number of hydrogen-bond acceptors (Lipinski definition) is 5. The van der Waals surface area contributed by atoms with Gasteiger partial charge in [-0.05, 0) is 105 Å². The number of fused-ring (bicyclic) bond motifs is 1. The van der Waals surface area contributed by atoms with Crippen molar-refractivity contribution in [1.82, 2.24) is 29.0 Å². The van der Waals surface area contributed by atoms with Gasteiger partial charge in [0.15, 0.2) is 5.69 Å². The molecular weight excluding hydrogens is 603 g/mol. The Labute approximate surface area is 269 Å². The van der Waals surface area contributed by atoms with Crippen molar-refractivity contribution in [3.05, 3.63) is 87.4 Å². The summed E-state index contributed by atoms with van der Waals surface area (Å²) in [5.74, 6) is 1.18. The minimum atomic E-state index is -4.61. The van der Waals surface area contributed by atoms with Gasteiger partial charge in [0.05, 0.1) is 11.6 Å². The van der Waals surface area contributed by atoms with Crippen molar-refractivity contribution in [3.63, 3.8) is 0 Å². The zero-order chi connectivity index (χ0) is 32.4. The first-order valence-corrected chi connectivity index (χ1v) is 16.3. The second-order valence-electron chi connectivity index (χ2n) is 13.3. The number of nitrogens with zero attached hydrogens (tertiary/aromatic N) is 6. The van der Waals surface area contributed by atoms with E-state index in [9.17, 15) is 23.2 Å². The number of aromatic nitrogens is 5. The lowest BCUT2D eigenvalue weighted by Crippen LogP contribution is -2.29. The van der Waals surface area contributed by atoms with E-state index in [1.165, 1.54) is 30.9 Å². The fourth-order valence-electron chi connectivity index (χ4n) is 6.94. The summed E-state index contributed by atoms with van der Waals surface area (Å²) in [5.41, 5.74) is 4.41. The van der Waals surface area contributed by atoms with Crippen LogP contribution in [-0.2, 0) is 19.8 Å². The Morgan fingerprint density at radius 3 is 2.40 bits per heavy atom. The van der Waals surface area contributed by atoms with E-state index in [4.69, 9.17) is 4.98 Å². The van der Waals surface area contributed by atoms with Crippen LogP contribution in [0.25, 0.3) is 39.2 Å². The van der Waals surface area contributed by atoms with Crippen LogP contribution in [0.15, 0.2) is 53.6 Å². The van der Waals surface area contributed by atoms with Gasteiger partial charge in [-0.1, -0.05) is 12.5 Å². The maximum absolute atomic E-state index is 14.2. The summed E-state index contributed by atoms with van der Waals surface area (Å²) in [5, 5.41) is 10.6. The maximum atomic E-state index is 14.2. The topological polar surface area (TPSA) is 95.5 Å². The van der Waals surface area contributed by atoms with Gasteiger partial charge in [0.25, 0.3) is 5.56 Å². The van der Waals surface area contributed by atoms with E-state index in [0.29, 0.717) is 39.5 Å². The van der Waals surface area contributed by atoms with Crippen molar-refractivity contribution >= 4 is 10.9 Å². The summed E-state index contributed by atoms with van der Waals surface area (Å²) in [7, 11) is 1.51. The van der Waals surface area contributed by atoms with Gasteiger partial charge in [-0.2, -0.15) is 18.4 Å². The Kier molecular flexibility index (Phi) is 7.10. The lowest BCUT2D eigenvalue weighted by Gasteiger charge is -2.25. The number of rotatable bonds is 7. The quantitative estimate of drug-likeness (QED) is 0.201. The Morgan fingerprint density at radius 2 is 1.72 bits per heavy atom. The number of nitriles is 1. The molecule has 1 N–H and O–H groups in total. The molecule has 0 amide bonds. The molecule has 3 aliphatic rings. The highest BCUT2D eigenvalue weighted by atomic mass is 19.4. The molecule has 0 radical (unpaired) electrons. The predicted molar refractivity (Wildman–Crippen MR) is 172 cm³/mol. The molecule has 2 aliphatic carbocycles. The largest absolute Gasteiger partial charge is 0.434 e. The predicted octanol–water partition coefficient (Wildman–Crippen LogP) is 7.41. The first-order valence-electron chi connectivity index (χ1n) is 16.3. The van der Waals surface area contributed by atoms with E-state index >= 15 is 0 Å². The molecule has 1 aliphatic heterocycles. The third-order valence-electron chi connectivity index (χ3n) is 9.69. The van der Waals surface area contributed by atoms with Gasteiger partial charge in [-0.3, -0.25) is 14.3 Å². The lowest BCUT2D eigenvalue weighted by atomic mass is 9.96. The highest BCUT2D eigenvalue weighted by molar-refractivity contribution is 5.85. The number of H-pyrrole nitrogens is 1. The molecule has 3 fully saturated rings. The molecule has 0 spiro atoms. The van der Waals surface area contributed by atoms with Crippen molar-refractivity contribution in [3.8, 4) is 34.4 Å². The van der Waals surface area contributed by atoms with Crippen LogP contribution < -0.4 is 5.56 Å². The fourth-order valence-corrected chi connectivity index (χ4v) is 6.94. The number of halogens is 3. The molecule has 5 aromatic rings. The molecule has 1 aromatic carbocycles. The summed E-state index contributed by atoms with van der Waals surface area (Å²) in [4.78, 5) is 29.0. The van der Waals surface area contributed by atoms with Crippen LogP contribution in [0.5, 0.6) is 0 Å². The van der Waals surface area contributed by atoms with Crippen LogP contribution in [0.1, 0.15) is 85.0 Å². The van der Waals surface area contributed by atoms with Gasteiger partial charge < -0.3 is 9.55 Å². The van der Waals surface area contributed by atoms with E-state index in [2.05, 4.69) is 27.0 Å². The normalized spacial score (nSPS) is 17.3. The summed E-state index contributed by atoms with van der Waals surface area (Å²) in [6.45, 7) is 2.90. The van der Waals surface area contributed by atoms with Gasteiger partial charge in [0, 0.05) is 54.2 Å². The van der Waals surface area contributed by atoms with Crippen molar-refractivity contribution in [2.45, 2.75) is 69.5 Å². The Morgan fingerprint density at radius 1 is 0.957 bits per heavy atom. The third kappa shape index (κ3) is 5.65. The van der Waals surface area contributed by atoms with Crippen LogP contribution in [0, 0.1) is 11.3 Å². The summed E-state index contributed by atoms with van der Waals surface area (Å²) in [6, 6.07) is 13.0. The molecule has 8 rings (SSSR count). The monoisotopic (exact) mass is 637 g/mol. The molecule has 47 heavy (non-hydrogen) atoms. The van der Waals surface area contributed by atoms with Gasteiger partial charge in [-0.15, -0.1) is 0 Å². The van der Waals surface area contributed by atoms with E-state index < -0.39 is 11.9 Å². The number of pyridine rings is 2. The number of piperidine rings is 1. The number of aryl methyl sites for hydroxylation is 1. The lowest BCUT2D eigenvalue weighted by molar-refractivity contribution is -0.140. The summed E-state index contributed by atoms with van der Waals surface area (Å²) >= 11 is 0. The van der Waals surface area contributed by atoms with E-state index in [-0.39, 0.29) is 17.3 Å². The molecule has 11 heteroatoms. The molecule has 2 saturated carbocycles. The van der Waals surface area contributed by atoms with Crippen LogP contribution >= 0.6 is 0 Å². The molecule has 240 valence electrons. The van der Waals surface area contributed by atoms with Crippen molar-refractivity contribution in [2.24, 2.45) is 7.05 Å². The van der Waals surface area contributed by atoms with Crippen LogP contribution in [-0.4, -0.2) is 42.1 Å². The second-order valence-corrected chi connectivity index (χ2v) is 13.3.